The van der Waals surface area contributed by atoms with Crippen molar-refractivity contribution in [3.8, 4) is 0 Å². The average molecular weight is 282 g/mol. The molecular weight excluding hydrogens is 256 g/mol. The van der Waals surface area contributed by atoms with E-state index in [-0.39, 0.29) is 0 Å². The highest BCUT2D eigenvalue weighted by atomic mass is 16.5. The monoisotopic (exact) mass is 282 g/mol. The molecule has 0 amide bonds. The Morgan fingerprint density at radius 1 is 0.952 bits per heavy atom. The fourth-order valence-electron chi connectivity index (χ4n) is 2.92. The van der Waals surface area contributed by atoms with E-state index in [0.717, 1.165) is 25.0 Å². The second-order valence-corrected chi connectivity index (χ2v) is 5.60. The second kappa shape index (κ2) is 7.87. The van der Waals surface area contributed by atoms with Crippen molar-refractivity contribution < 1.29 is 4.74 Å². The maximum absolute atomic E-state index is 5.58. The number of ether oxygens (including phenoxy) is 1. The molecule has 0 spiro atoms. The third-order valence-electron chi connectivity index (χ3n) is 3.90. The van der Waals surface area contributed by atoms with Crippen molar-refractivity contribution in [2.45, 2.75) is 45.4 Å². The molecule has 0 radical (unpaired) electrons. The molecule has 0 aromatic heterocycles. The molecule has 0 saturated carbocycles. The topological polar surface area (TPSA) is 9.23 Å². The van der Waals surface area contributed by atoms with Crippen LogP contribution in [0.2, 0.25) is 0 Å². The van der Waals surface area contributed by atoms with Gasteiger partial charge in [0.15, 0.2) is 0 Å². The molecule has 0 aliphatic heterocycles. The molecule has 21 heavy (non-hydrogen) atoms. The fraction of sp³-hybridized carbons (Fsp3) is 0.400. The molecule has 0 fully saturated rings. The summed E-state index contributed by atoms with van der Waals surface area (Å²) in [6.45, 7) is 4.47. The third-order valence-corrected chi connectivity index (χ3v) is 3.90. The first-order valence-electron chi connectivity index (χ1n) is 8.00. The molecule has 0 saturated heterocycles. The van der Waals surface area contributed by atoms with Crippen molar-refractivity contribution in [3.63, 3.8) is 0 Å². The molecule has 1 aromatic carbocycles. The Hall–Kier alpha value is -1.76. The molecule has 1 unspecified atom stereocenters. The van der Waals surface area contributed by atoms with Crippen LogP contribution in [0.25, 0.3) is 0 Å². The number of methoxy groups -OCH3 is 1. The lowest BCUT2D eigenvalue weighted by molar-refractivity contribution is 0.304. The molecule has 1 nitrogen and oxygen atoms in total. The van der Waals surface area contributed by atoms with Crippen LogP contribution in [0.3, 0.4) is 0 Å². The quantitative estimate of drug-likeness (QED) is 0.644. The molecule has 0 N–H and O–H groups in total. The predicted molar refractivity (Wildman–Crippen MR) is 90.3 cm³/mol. The Labute approximate surface area is 129 Å². The van der Waals surface area contributed by atoms with Crippen LogP contribution in [0.15, 0.2) is 65.5 Å². The zero-order valence-corrected chi connectivity index (χ0v) is 13.4. The lowest BCUT2D eigenvalue weighted by Gasteiger charge is -2.17. The number of benzene rings is 1. The van der Waals surface area contributed by atoms with Crippen LogP contribution in [-0.2, 0) is 4.74 Å². The summed E-state index contributed by atoms with van der Waals surface area (Å²) in [7, 11) is 1.76. The first-order valence-corrected chi connectivity index (χ1v) is 8.00. The number of rotatable bonds is 6. The van der Waals surface area contributed by atoms with E-state index in [1.165, 1.54) is 23.1 Å². The SMILES string of the molecule is CCCC1=CC(OC)=CC(c2ccccc2)C(CCC)=C1. The molecule has 0 heterocycles. The number of hydrogen-bond acceptors (Lipinski definition) is 1. The van der Waals surface area contributed by atoms with E-state index in [1.54, 1.807) is 7.11 Å². The molecular formula is C20H26O. The normalized spacial score (nSPS) is 18.4. The first-order chi connectivity index (χ1) is 10.3. The van der Waals surface area contributed by atoms with Crippen LogP contribution < -0.4 is 0 Å². The maximum atomic E-state index is 5.58. The smallest absolute Gasteiger partial charge is 0.116 e. The van der Waals surface area contributed by atoms with Crippen molar-refractivity contribution >= 4 is 0 Å². The Balaban J connectivity index is 2.43. The van der Waals surface area contributed by atoms with Crippen molar-refractivity contribution in [1.29, 1.82) is 0 Å². The van der Waals surface area contributed by atoms with E-state index in [4.69, 9.17) is 4.74 Å². The van der Waals surface area contributed by atoms with Crippen LogP contribution in [0.4, 0.5) is 0 Å². The van der Waals surface area contributed by atoms with Crippen LogP contribution in [0, 0.1) is 0 Å². The maximum Gasteiger partial charge on any atom is 0.116 e. The van der Waals surface area contributed by atoms with E-state index >= 15 is 0 Å². The molecule has 112 valence electrons. The summed E-state index contributed by atoms with van der Waals surface area (Å²) in [5.74, 6) is 1.31. The number of hydrogen-bond donors (Lipinski definition) is 0. The van der Waals surface area contributed by atoms with Gasteiger partial charge in [-0.2, -0.15) is 0 Å². The lowest BCUT2D eigenvalue weighted by atomic mass is 9.87. The minimum Gasteiger partial charge on any atom is -0.497 e. The molecule has 0 bridgehead atoms. The fourth-order valence-corrected chi connectivity index (χ4v) is 2.92. The summed E-state index contributed by atoms with van der Waals surface area (Å²) in [4.78, 5) is 0. The van der Waals surface area contributed by atoms with E-state index in [9.17, 15) is 0 Å². The van der Waals surface area contributed by atoms with Gasteiger partial charge in [-0.15, -0.1) is 0 Å². The Morgan fingerprint density at radius 2 is 1.67 bits per heavy atom. The average Bonchev–Trinajstić information content (AvgIpc) is 2.68. The summed E-state index contributed by atoms with van der Waals surface area (Å²) in [5.41, 5.74) is 4.22. The van der Waals surface area contributed by atoms with Gasteiger partial charge in [0.25, 0.3) is 0 Å². The Morgan fingerprint density at radius 3 is 2.29 bits per heavy atom. The van der Waals surface area contributed by atoms with Crippen LogP contribution in [0.1, 0.15) is 51.0 Å². The van der Waals surface area contributed by atoms with Gasteiger partial charge >= 0.3 is 0 Å². The minimum absolute atomic E-state index is 0.326. The highest BCUT2D eigenvalue weighted by molar-refractivity contribution is 5.43. The Kier molecular flexibility index (Phi) is 5.86. The first kappa shape index (κ1) is 15.6. The van der Waals surface area contributed by atoms with E-state index in [0.29, 0.717) is 5.92 Å². The van der Waals surface area contributed by atoms with Crippen molar-refractivity contribution in [3.05, 3.63) is 71.0 Å². The van der Waals surface area contributed by atoms with Gasteiger partial charge in [-0.25, -0.2) is 0 Å². The van der Waals surface area contributed by atoms with Crippen molar-refractivity contribution in [2.24, 2.45) is 0 Å². The van der Waals surface area contributed by atoms with Crippen LogP contribution >= 0.6 is 0 Å². The van der Waals surface area contributed by atoms with Crippen molar-refractivity contribution in [2.75, 3.05) is 7.11 Å². The van der Waals surface area contributed by atoms with E-state index in [1.807, 2.05) is 0 Å². The third kappa shape index (κ3) is 4.10. The van der Waals surface area contributed by atoms with E-state index < -0.39 is 0 Å². The minimum atomic E-state index is 0.326. The standard InChI is InChI=1S/C20H26O/c1-4-9-16-13-18(10-5-2)20(15-19(14-16)21-3)17-11-7-6-8-12-17/h6-8,11-15,20H,4-5,9-10H2,1-3H3. The van der Waals surface area contributed by atoms with Gasteiger partial charge in [-0.1, -0.05) is 68.7 Å². The zero-order chi connectivity index (χ0) is 15.1. The molecule has 1 aromatic rings. The van der Waals surface area contributed by atoms with Crippen LogP contribution in [0.5, 0.6) is 0 Å². The molecule has 1 atom stereocenters. The van der Waals surface area contributed by atoms with Crippen molar-refractivity contribution in [1.82, 2.24) is 0 Å². The largest absolute Gasteiger partial charge is 0.497 e. The highest BCUT2D eigenvalue weighted by Crippen LogP contribution is 2.34. The summed E-state index contributed by atoms with van der Waals surface area (Å²) in [6, 6.07) is 10.7. The van der Waals surface area contributed by atoms with Gasteiger partial charge in [-0.05, 0) is 36.1 Å². The van der Waals surface area contributed by atoms with Gasteiger partial charge in [0.2, 0.25) is 0 Å². The summed E-state index contributed by atoms with van der Waals surface area (Å²) in [5, 5.41) is 0. The Bertz CT molecular complexity index is 534. The predicted octanol–water partition coefficient (Wildman–Crippen LogP) is 5.77. The molecule has 1 heteroatoms. The molecule has 1 aliphatic rings. The summed E-state index contributed by atoms with van der Waals surface area (Å²) in [6.07, 6.45) is 11.4. The summed E-state index contributed by atoms with van der Waals surface area (Å²) >= 11 is 0. The zero-order valence-electron chi connectivity index (χ0n) is 13.4. The molecule has 2 rings (SSSR count). The van der Waals surface area contributed by atoms with E-state index in [2.05, 4.69) is 62.4 Å². The lowest BCUT2D eigenvalue weighted by Crippen LogP contribution is -2.01. The van der Waals surface area contributed by atoms with Gasteiger partial charge in [0.1, 0.15) is 5.76 Å². The van der Waals surface area contributed by atoms with Gasteiger partial charge < -0.3 is 4.74 Å². The number of allylic oxidation sites excluding steroid dienone is 5. The van der Waals surface area contributed by atoms with Gasteiger partial charge in [0, 0.05) is 5.92 Å². The van der Waals surface area contributed by atoms with Gasteiger partial charge in [0.05, 0.1) is 7.11 Å². The van der Waals surface area contributed by atoms with Gasteiger partial charge in [-0.3, -0.25) is 0 Å². The summed E-state index contributed by atoms with van der Waals surface area (Å²) < 4.78 is 5.58. The highest BCUT2D eigenvalue weighted by Gasteiger charge is 2.18. The van der Waals surface area contributed by atoms with Crippen LogP contribution in [-0.4, -0.2) is 7.11 Å². The second-order valence-electron chi connectivity index (χ2n) is 5.60. The molecule has 1 aliphatic carbocycles.